The molecule has 1 unspecified atom stereocenters. The van der Waals surface area contributed by atoms with Crippen molar-refractivity contribution in [3.63, 3.8) is 0 Å². The second kappa shape index (κ2) is 7.57. The quantitative estimate of drug-likeness (QED) is 0.332. The maximum Gasteiger partial charge on any atom is 0.394 e. The summed E-state index contributed by atoms with van der Waals surface area (Å²) in [4.78, 5) is 22.8. The molecule has 0 spiro atoms. The highest BCUT2D eigenvalue weighted by Gasteiger charge is 2.49. The minimum absolute atomic E-state index is 0.144. The molecule has 126 valence electrons. The largest absolute Gasteiger partial charge is 0.394 e. The first-order valence-corrected chi connectivity index (χ1v) is 8.08. The van der Waals surface area contributed by atoms with Gasteiger partial charge in [-0.25, -0.2) is 0 Å². The second-order valence-corrected chi connectivity index (χ2v) is 6.97. The number of nitrogens with zero attached hydrogens (tertiary/aromatic N) is 1. The molecule has 0 aliphatic heterocycles. The summed E-state index contributed by atoms with van der Waals surface area (Å²) in [6.07, 6.45) is 0. The first-order valence-electron chi connectivity index (χ1n) is 6.56. The molecule has 0 radical (unpaired) electrons. The number of carbonyl (C=O) groups is 1. The standard InChI is InChI=1S/C15H10Cl4N2O3/c16-10-7-5-9(6-8-10)13(15(18,19)21(23)24)20-14(22)11-3-1-2-4-12(11)17/h1-8,13H,(H,20,22). The first-order chi connectivity index (χ1) is 11.2. The fourth-order valence-corrected chi connectivity index (χ4v) is 2.69. The molecule has 2 rings (SSSR count). The number of nitrogens with one attached hydrogen (secondary N) is 1. The number of nitro groups is 1. The van der Waals surface area contributed by atoms with Crippen molar-refractivity contribution in [2.75, 3.05) is 0 Å². The average molecular weight is 408 g/mol. The van der Waals surface area contributed by atoms with Crippen molar-refractivity contribution in [3.8, 4) is 0 Å². The van der Waals surface area contributed by atoms with E-state index >= 15 is 0 Å². The normalized spacial score (nSPS) is 12.5. The molecule has 24 heavy (non-hydrogen) atoms. The van der Waals surface area contributed by atoms with Crippen LogP contribution in [0.25, 0.3) is 0 Å². The molecule has 0 bridgehead atoms. The summed E-state index contributed by atoms with van der Waals surface area (Å²) in [6, 6.07) is 10.9. The van der Waals surface area contributed by atoms with Gasteiger partial charge in [0, 0.05) is 5.02 Å². The van der Waals surface area contributed by atoms with E-state index in [-0.39, 0.29) is 10.6 Å². The Bertz CT molecular complexity index is 766. The smallest absolute Gasteiger partial charge is 0.336 e. The van der Waals surface area contributed by atoms with E-state index in [2.05, 4.69) is 5.32 Å². The van der Waals surface area contributed by atoms with E-state index in [0.717, 1.165) is 0 Å². The predicted octanol–water partition coefficient (Wildman–Crippen LogP) is 4.87. The van der Waals surface area contributed by atoms with Crippen LogP contribution in [0.1, 0.15) is 22.0 Å². The number of benzene rings is 2. The van der Waals surface area contributed by atoms with Crippen LogP contribution in [-0.4, -0.2) is 15.3 Å². The van der Waals surface area contributed by atoms with Gasteiger partial charge < -0.3 is 5.32 Å². The molecule has 1 atom stereocenters. The molecule has 0 aromatic heterocycles. The van der Waals surface area contributed by atoms with Gasteiger partial charge in [0.25, 0.3) is 5.91 Å². The summed E-state index contributed by atoms with van der Waals surface area (Å²) in [5, 5.41) is 14.3. The summed E-state index contributed by atoms with van der Waals surface area (Å²) in [5.74, 6) is -0.645. The van der Waals surface area contributed by atoms with Crippen LogP contribution >= 0.6 is 46.4 Å². The molecule has 0 aliphatic rings. The number of halogens is 4. The zero-order chi connectivity index (χ0) is 17.9. The molecule has 2 aromatic rings. The van der Waals surface area contributed by atoms with Gasteiger partial charge in [-0.1, -0.05) is 47.5 Å². The van der Waals surface area contributed by atoms with Crippen LogP contribution in [0, 0.1) is 10.1 Å². The van der Waals surface area contributed by atoms with Crippen molar-refractivity contribution in [3.05, 3.63) is 79.8 Å². The minimum atomic E-state index is -2.48. The Morgan fingerprint density at radius 3 is 2.21 bits per heavy atom. The highest BCUT2D eigenvalue weighted by Crippen LogP contribution is 2.37. The number of hydrogen-bond acceptors (Lipinski definition) is 3. The Morgan fingerprint density at radius 2 is 1.67 bits per heavy atom. The maximum absolute atomic E-state index is 12.4. The van der Waals surface area contributed by atoms with Gasteiger partial charge in [0.1, 0.15) is 0 Å². The summed E-state index contributed by atoms with van der Waals surface area (Å²) >= 11 is 23.5. The van der Waals surface area contributed by atoms with Crippen molar-refractivity contribution in [1.82, 2.24) is 5.32 Å². The molecule has 5 nitrogen and oxygen atoms in total. The molecule has 0 heterocycles. The maximum atomic E-state index is 12.4. The lowest BCUT2D eigenvalue weighted by Crippen LogP contribution is -2.43. The molecule has 1 amide bonds. The topological polar surface area (TPSA) is 72.2 Å². The lowest BCUT2D eigenvalue weighted by Gasteiger charge is -2.24. The van der Waals surface area contributed by atoms with Crippen molar-refractivity contribution < 1.29 is 9.72 Å². The zero-order valence-corrected chi connectivity index (χ0v) is 14.9. The molecule has 0 fully saturated rings. The Labute approximate surface area is 157 Å². The van der Waals surface area contributed by atoms with Crippen molar-refractivity contribution in [2.45, 2.75) is 10.5 Å². The van der Waals surface area contributed by atoms with E-state index in [0.29, 0.717) is 10.6 Å². The van der Waals surface area contributed by atoms with E-state index in [4.69, 9.17) is 46.4 Å². The van der Waals surface area contributed by atoms with Crippen LogP contribution in [0.5, 0.6) is 0 Å². The van der Waals surface area contributed by atoms with Gasteiger partial charge in [0.2, 0.25) is 0 Å². The first kappa shape index (κ1) is 18.8. The number of rotatable bonds is 5. The Kier molecular flexibility index (Phi) is 5.93. The van der Waals surface area contributed by atoms with E-state index in [1.807, 2.05) is 0 Å². The van der Waals surface area contributed by atoms with Gasteiger partial charge in [0.15, 0.2) is 6.04 Å². The summed E-state index contributed by atoms with van der Waals surface area (Å²) in [6.45, 7) is 0. The lowest BCUT2D eigenvalue weighted by molar-refractivity contribution is -0.521. The van der Waals surface area contributed by atoms with Gasteiger partial charge in [-0.05, 0) is 53.0 Å². The van der Waals surface area contributed by atoms with Crippen LogP contribution in [-0.2, 0) is 0 Å². The van der Waals surface area contributed by atoms with Gasteiger partial charge in [-0.2, -0.15) is 0 Å². The average Bonchev–Trinajstić information content (AvgIpc) is 2.53. The van der Waals surface area contributed by atoms with Crippen molar-refractivity contribution >= 4 is 52.3 Å². The van der Waals surface area contributed by atoms with Crippen LogP contribution in [0.3, 0.4) is 0 Å². The minimum Gasteiger partial charge on any atom is -0.336 e. The van der Waals surface area contributed by atoms with Gasteiger partial charge in [-0.3, -0.25) is 14.9 Å². The third kappa shape index (κ3) is 4.11. The monoisotopic (exact) mass is 406 g/mol. The van der Waals surface area contributed by atoms with Crippen molar-refractivity contribution in [2.24, 2.45) is 0 Å². The van der Waals surface area contributed by atoms with Crippen LogP contribution < -0.4 is 5.32 Å². The third-order valence-corrected chi connectivity index (χ3v) is 4.48. The number of hydrogen-bond donors (Lipinski definition) is 1. The summed E-state index contributed by atoms with van der Waals surface area (Å²) < 4.78 is -2.48. The SMILES string of the molecule is O=C(NC(c1ccc(Cl)cc1)C(Cl)(Cl)[N+](=O)[O-])c1ccccc1Cl. The molecular weight excluding hydrogens is 398 g/mol. The number of carbonyl (C=O) groups excluding carboxylic acids is 1. The van der Waals surface area contributed by atoms with E-state index in [1.165, 1.54) is 36.4 Å². The van der Waals surface area contributed by atoms with Crippen LogP contribution in [0.15, 0.2) is 48.5 Å². The number of amides is 1. The van der Waals surface area contributed by atoms with Crippen LogP contribution in [0.2, 0.25) is 10.0 Å². The Balaban J connectivity index is 2.40. The second-order valence-electron chi connectivity index (χ2n) is 4.78. The molecule has 9 heteroatoms. The van der Waals surface area contributed by atoms with Gasteiger partial charge in [0.05, 0.1) is 15.5 Å². The number of alkyl halides is 2. The molecule has 0 saturated carbocycles. The highest BCUT2D eigenvalue weighted by molar-refractivity contribution is 6.47. The zero-order valence-electron chi connectivity index (χ0n) is 11.9. The summed E-state index contributed by atoms with van der Waals surface area (Å²) in [5.41, 5.74) is 0.465. The van der Waals surface area contributed by atoms with Gasteiger partial charge >= 0.3 is 4.46 Å². The summed E-state index contributed by atoms with van der Waals surface area (Å²) in [7, 11) is 0. The Morgan fingerprint density at radius 1 is 1.08 bits per heavy atom. The molecule has 2 aromatic carbocycles. The molecule has 0 aliphatic carbocycles. The molecule has 0 saturated heterocycles. The molecule has 1 N–H and O–H groups in total. The fourth-order valence-electron chi connectivity index (χ4n) is 1.99. The predicted molar refractivity (Wildman–Crippen MR) is 94.5 cm³/mol. The highest BCUT2D eigenvalue weighted by atomic mass is 35.5. The van der Waals surface area contributed by atoms with E-state index in [9.17, 15) is 14.9 Å². The fraction of sp³-hybridized carbons (Fsp3) is 0.133. The molecular formula is C15H10Cl4N2O3. The van der Waals surface area contributed by atoms with Crippen molar-refractivity contribution in [1.29, 1.82) is 0 Å². The van der Waals surface area contributed by atoms with Crippen LogP contribution in [0.4, 0.5) is 0 Å². The van der Waals surface area contributed by atoms with E-state index < -0.39 is 21.3 Å². The third-order valence-electron chi connectivity index (χ3n) is 3.19. The lowest BCUT2D eigenvalue weighted by atomic mass is 10.1. The van der Waals surface area contributed by atoms with Gasteiger partial charge in [-0.15, -0.1) is 0 Å². The Hall–Kier alpha value is -1.53. The van der Waals surface area contributed by atoms with E-state index in [1.54, 1.807) is 12.1 Å².